The molecule has 1 amide bonds. The van der Waals surface area contributed by atoms with Crippen molar-refractivity contribution in [3.63, 3.8) is 0 Å². The molecule has 3 rings (SSSR count). The summed E-state index contributed by atoms with van der Waals surface area (Å²) >= 11 is 0. The number of halogens is 1. The number of anilines is 1. The molecule has 0 saturated heterocycles. The summed E-state index contributed by atoms with van der Waals surface area (Å²) in [4.78, 5) is 31.5. The molecule has 1 aromatic carbocycles. The van der Waals surface area contributed by atoms with Gasteiger partial charge in [-0.05, 0) is 36.2 Å². The number of H-pyrrole nitrogens is 1. The lowest BCUT2D eigenvalue weighted by atomic mass is 9.97. The molecule has 2 N–H and O–H groups in total. The third-order valence-corrected chi connectivity index (χ3v) is 3.82. The van der Waals surface area contributed by atoms with Gasteiger partial charge in [0.2, 0.25) is 0 Å². The zero-order valence-corrected chi connectivity index (χ0v) is 13.5. The van der Waals surface area contributed by atoms with Crippen LogP contribution >= 0.6 is 0 Å². The molecule has 25 heavy (non-hydrogen) atoms. The maximum atomic E-state index is 14.1. The Balaban J connectivity index is 1.84. The van der Waals surface area contributed by atoms with E-state index in [-0.39, 0.29) is 16.8 Å². The summed E-state index contributed by atoms with van der Waals surface area (Å²) in [5.74, 6) is -1.42. The van der Waals surface area contributed by atoms with Crippen LogP contribution in [0.3, 0.4) is 0 Å². The van der Waals surface area contributed by atoms with Crippen molar-refractivity contribution >= 4 is 17.4 Å². The van der Waals surface area contributed by atoms with Crippen molar-refractivity contribution < 1.29 is 14.0 Å². The highest BCUT2D eigenvalue weighted by atomic mass is 19.1. The molecular formula is C19H16FN3O2. The minimum Gasteiger partial charge on any atom is -0.356 e. The van der Waals surface area contributed by atoms with Gasteiger partial charge in [0.15, 0.2) is 5.78 Å². The zero-order chi connectivity index (χ0) is 17.8. The first kappa shape index (κ1) is 16.6. The average Bonchev–Trinajstić information content (AvgIpc) is 3.12. The maximum absolute atomic E-state index is 14.1. The van der Waals surface area contributed by atoms with Crippen LogP contribution in [0, 0.1) is 5.82 Å². The van der Waals surface area contributed by atoms with Crippen LogP contribution in [-0.2, 0) is 6.42 Å². The molecule has 2 aromatic heterocycles. The molecule has 3 aromatic rings. The van der Waals surface area contributed by atoms with Gasteiger partial charge in [0.25, 0.3) is 5.91 Å². The predicted octanol–water partition coefficient (Wildman–Crippen LogP) is 3.59. The van der Waals surface area contributed by atoms with Crippen LogP contribution in [0.1, 0.15) is 38.9 Å². The lowest BCUT2D eigenvalue weighted by molar-refractivity contribution is 0.102. The number of aromatic nitrogens is 2. The molecule has 2 heterocycles. The third kappa shape index (κ3) is 3.47. The fourth-order valence-corrected chi connectivity index (χ4v) is 2.55. The molecule has 0 atom stereocenters. The minimum absolute atomic E-state index is 0.0446. The van der Waals surface area contributed by atoms with E-state index >= 15 is 0 Å². The SMILES string of the molecule is CCc1cccc(F)c1C(=O)c1c[nH]c(C(=O)Nc2cccnc2)c1. The average molecular weight is 337 g/mol. The quantitative estimate of drug-likeness (QED) is 0.699. The van der Waals surface area contributed by atoms with E-state index < -0.39 is 17.5 Å². The summed E-state index contributed by atoms with van der Waals surface area (Å²) in [5, 5.41) is 2.67. The van der Waals surface area contributed by atoms with E-state index in [0.29, 0.717) is 17.7 Å². The Hall–Kier alpha value is -3.28. The largest absolute Gasteiger partial charge is 0.356 e. The molecule has 0 saturated carbocycles. The van der Waals surface area contributed by atoms with Gasteiger partial charge in [-0.1, -0.05) is 19.1 Å². The number of nitrogens with zero attached hydrogens (tertiary/aromatic N) is 1. The summed E-state index contributed by atoms with van der Waals surface area (Å²) in [6.45, 7) is 1.86. The van der Waals surface area contributed by atoms with Crippen LogP contribution in [0.5, 0.6) is 0 Å². The van der Waals surface area contributed by atoms with Gasteiger partial charge in [-0.3, -0.25) is 14.6 Å². The topological polar surface area (TPSA) is 74.8 Å². The smallest absolute Gasteiger partial charge is 0.272 e. The molecule has 5 nitrogen and oxygen atoms in total. The Kier molecular flexibility index (Phi) is 4.70. The van der Waals surface area contributed by atoms with Crippen LogP contribution in [-0.4, -0.2) is 21.7 Å². The number of pyridine rings is 1. The van der Waals surface area contributed by atoms with Gasteiger partial charge in [0, 0.05) is 18.0 Å². The van der Waals surface area contributed by atoms with Crippen molar-refractivity contribution in [2.75, 3.05) is 5.32 Å². The van der Waals surface area contributed by atoms with Crippen molar-refractivity contribution in [2.24, 2.45) is 0 Å². The van der Waals surface area contributed by atoms with Crippen molar-refractivity contribution in [1.82, 2.24) is 9.97 Å². The fourth-order valence-electron chi connectivity index (χ4n) is 2.55. The molecule has 0 unspecified atom stereocenters. The summed E-state index contributed by atoms with van der Waals surface area (Å²) in [5.41, 5.74) is 1.66. The first-order chi connectivity index (χ1) is 12.1. The molecule has 0 aliphatic rings. The monoisotopic (exact) mass is 337 g/mol. The van der Waals surface area contributed by atoms with E-state index in [1.165, 1.54) is 24.5 Å². The summed E-state index contributed by atoms with van der Waals surface area (Å²) < 4.78 is 14.1. The van der Waals surface area contributed by atoms with Crippen LogP contribution < -0.4 is 5.32 Å². The zero-order valence-electron chi connectivity index (χ0n) is 13.5. The molecule has 126 valence electrons. The second kappa shape index (κ2) is 7.09. The van der Waals surface area contributed by atoms with Crippen LogP contribution in [0.2, 0.25) is 0 Å². The van der Waals surface area contributed by atoms with E-state index in [1.54, 1.807) is 30.5 Å². The number of amides is 1. The van der Waals surface area contributed by atoms with Gasteiger partial charge in [-0.25, -0.2) is 4.39 Å². The van der Waals surface area contributed by atoms with Gasteiger partial charge >= 0.3 is 0 Å². The number of rotatable bonds is 5. The van der Waals surface area contributed by atoms with Gasteiger partial charge in [0.1, 0.15) is 11.5 Å². The Morgan fingerprint density at radius 1 is 1.24 bits per heavy atom. The maximum Gasteiger partial charge on any atom is 0.272 e. The highest BCUT2D eigenvalue weighted by Gasteiger charge is 2.20. The highest BCUT2D eigenvalue weighted by Crippen LogP contribution is 2.20. The Morgan fingerprint density at radius 3 is 2.80 bits per heavy atom. The Labute approximate surface area is 143 Å². The van der Waals surface area contributed by atoms with E-state index in [2.05, 4.69) is 15.3 Å². The molecule has 0 radical (unpaired) electrons. The van der Waals surface area contributed by atoms with Crippen LogP contribution in [0.25, 0.3) is 0 Å². The first-order valence-corrected chi connectivity index (χ1v) is 7.82. The highest BCUT2D eigenvalue weighted by molar-refractivity contribution is 6.12. The fraction of sp³-hybridized carbons (Fsp3) is 0.105. The summed E-state index contributed by atoms with van der Waals surface area (Å²) in [7, 11) is 0. The standard InChI is InChI=1S/C19H16FN3O2/c1-2-12-5-3-7-15(20)17(12)18(24)13-9-16(22-10-13)19(25)23-14-6-4-8-21-11-14/h3-11,22H,2H2,1H3,(H,23,25). The molecule has 0 aliphatic heterocycles. The Bertz CT molecular complexity index is 919. The van der Waals surface area contributed by atoms with Crippen LogP contribution in [0.4, 0.5) is 10.1 Å². The molecule has 6 heteroatoms. The number of carbonyl (C=O) groups is 2. The summed E-state index contributed by atoms with van der Waals surface area (Å²) in [6, 6.07) is 9.37. The number of aromatic amines is 1. The number of hydrogen-bond acceptors (Lipinski definition) is 3. The molecular weight excluding hydrogens is 321 g/mol. The van der Waals surface area contributed by atoms with E-state index in [1.807, 2.05) is 6.92 Å². The van der Waals surface area contributed by atoms with Crippen molar-refractivity contribution in [1.29, 1.82) is 0 Å². The van der Waals surface area contributed by atoms with Gasteiger partial charge in [0.05, 0.1) is 17.4 Å². The molecule has 0 fully saturated rings. The van der Waals surface area contributed by atoms with E-state index in [9.17, 15) is 14.0 Å². The number of ketones is 1. The number of aryl methyl sites for hydroxylation is 1. The third-order valence-electron chi connectivity index (χ3n) is 3.82. The van der Waals surface area contributed by atoms with Gasteiger partial charge < -0.3 is 10.3 Å². The number of hydrogen-bond donors (Lipinski definition) is 2. The van der Waals surface area contributed by atoms with Crippen molar-refractivity contribution in [3.05, 3.63) is 83.2 Å². The van der Waals surface area contributed by atoms with Crippen LogP contribution in [0.15, 0.2) is 55.0 Å². The molecule has 0 spiro atoms. The summed E-state index contributed by atoms with van der Waals surface area (Å²) in [6.07, 6.45) is 5.06. The predicted molar refractivity (Wildman–Crippen MR) is 92.2 cm³/mol. The molecule has 0 aliphatic carbocycles. The number of carbonyl (C=O) groups excluding carboxylic acids is 2. The molecule has 0 bridgehead atoms. The lowest BCUT2D eigenvalue weighted by Crippen LogP contribution is -2.12. The Morgan fingerprint density at radius 2 is 2.08 bits per heavy atom. The number of benzene rings is 1. The van der Waals surface area contributed by atoms with Gasteiger partial charge in [-0.15, -0.1) is 0 Å². The number of nitrogens with one attached hydrogen (secondary N) is 2. The van der Waals surface area contributed by atoms with Crippen molar-refractivity contribution in [3.8, 4) is 0 Å². The second-order valence-corrected chi connectivity index (χ2v) is 5.45. The minimum atomic E-state index is -0.563. The van der Waals surface area contributed by atoms with E-state index in [4.69, 9.17) is 0 Å². The van der Waals surface area contributed by atoms with Gasteiger partial charge in [-0.2, -0.15) is 0 Å². The lowest BCUT2D eigenvalue weighted by Gasteiger charge is -2.06. The normalized spacial score (nSPS) is 10.5. The van der Waals surface area contributed by atoms with E-state index in [0.717, 1.165) is 0 Å². The van der Waals surface area contributed by atoms with Crippen molar-refractivity contribution in [2.45, 2.75) is 13.3 Å². The first-order valence-electron chi connectivity index (χ1n) is 7.82. The second-order valence-electron chi connectivity index (χ2n) is 5.45.